The van der Waals surface area contributed by atoms with Crippen LogP contribution in [0.15, 0.2) is 83.8 Å². The van der Waals surface area contributed by atoms with Crippen LogP contribution in [0.25, 0.3) is 0 Å². The Bertz CT molecular complexity index is 1110. The van der Waals surface area contributed by atoms with Crippen LogP contribution in [0.1, 0.15) is 35.3 Å². The maximum Gasteiger partial charge on any atom is 0.264 e. The number of carbonyl (C=O) groups excluding carboxylic acids is 1. The maximum absolute atomic E-state index is 13.6. The molecule has 0 fully saturated rings. The molecule has 0 unspecified atom stereocenters. The van der Waals surface area contributed by atoms with E-state index in [1.54, 1.807) is 17.0 Å². The van der Waals surface area contributed by atoms with Crippen LogP contribution in [0.2, 0.25) is 0 Å². The number of benzene rings is 3. The van der Waals surface area contributed by atoms with Gasteiger partial charge in [-0.15, -0.1) is 0 Å². The maximum atomic E-state index is 13.6. The average Bonchev–Trinajstić information content (AvgIpc) is 2.79. The summed E-state index contributed by atoms with van der Waals surface area (Å²) < 4.78 is 28.6. The lowest BCUT2D eigenvalue weighted by Gasteiger charge is -2.25. The molecule has 1 amide bonds. The molecule has 3 rings (SSSR count). The zero-order chi connectivity index (χ0) is 22.4. The summed E-state index contributed by atoms with van der Waals surface area (Å²) in [5.41, 5.74) is 3.02. The lowest BCUT2D eigenvalue weighted by atomic mass is 10.2. The Kier molecular flexibility index (Phi) is 7.13. The molecule has 0 aliphatic rings. The molecule has 0 aromatic heterocycles. The molecule has 3 aromatic rings. The molecular formula is C25H28N2O3S. The lowest BCUT2D eigenvalue weighted by Crippen LogP contribution is -2.31. The summed E-state index contributed by atoms with van der Waals surface area (Å²) in [6.07, 6.45) is 0. The summed E-state index contributed by atoms with van der Waals surface area (Å²) in [7, 11) is -3.83. The van der Waals surface area contributed by atoms with Crippen molar-refractivity contribution in [1.29, 1.82) is 0 Å². The molecule has 162 valence electrons. The zero-order valence-electron chi connectivity index (χ0n) is 18.2. The molecule has 0 radical (unpaired) electrons. The van der Waals surface area contributed by atoms with Crippen LogP contribution in [-0.2, 0) is 16.6 Å². The van der Waals surface area contributed by atoms with Crippen LogP contribution in [0.5, 0.6) is 0 Å². The Hall–Kier alpha value is -3.12. The van der Waals surface area contributed by atoms with E-state index in [-0.39, 0.29) is 17.3 Å². The number of anilines is 1. The minimum Gasteiger partial charge on any atom is -0.339 e. The Balaban J connectivity index is 1.97. The number of hydrogen-bond acceptors (Lipinski definition) is 3. The number of carbonyl (C=O) groups is 1. The molecule has 0 aliphatic carbocycles. The topological polar surface area (TPSA) is 57.7 Å². The number of nitrogens with zero attached hydrogens (tertiary/aromatic N) is 2. The van der Waals surface area contributed by atoms with E-state index in [0.29, 0.717) is 24.3 Å². The highest BCUT2D eigenvalue weighted by atomic mass is 32.2. The second-order valence-electron chi connectivity index (χ2n) is 7.33. The van der Waals surface area contributed by atoms with Gasteiger partial charge in [0.05, 0.1) is 17.1 Å². The van der Waals surface area contributed by atoms with Crippen molar-refractivity contribution >= 4 is 21.6 Å². The minimum atomic E-state index is -3.83. The van der Waals surface area contributed by atoms with Gasteiger partial charge in [-0.1, -0.05) is 48.0 Å². The summed E-state index contributed by atoms with van der Waals surface area (Å²) in [5.74, 6) is -0.103. The molecule has 5 nitrogen and oxygen atoms in total. The van der Waals surface area contributed by atoms with Gasteiger partial charge in [0, 0.05) is 18.7 Å². The molecule has 0 spiro atoms. The molecule has 31 heavy (non-hydrogen) atoms. The first-order chi connectivity index (χ1) is 14.9. The lowest BCUT2D eigenvalue weighted by molar-refractivity contribution is 0.0773. The average molecular weight is 437 g/mol. The summed E-state index contributed by atoms with van der Waals surface area (Å²) >= 11 is 0. The normalized spacial score (nSPS) is 11.2. The zero-order valence-corrected chi connectivity index (χ0v) is 19.0. The van der Waals surface area contributed by atoms with Gasteiger partial charge in [-0.3, -0.25) is 9.10 Å². The van der Waals surface area contributed by atoms with E-state index >= 15 is 0 Å². The van der Waals surface area contributed by atoms with E-state index in [9.17, 15) is 13.2 Å². The van der Waals surface area contributed by atoms with Crippen LogP contribution in [-0.4, -0.2) is 32.3 Å². The SMILES string of the molecule is CCN(CC)C(=O)c1ccc(S(=O)(=O)N(Cc2ccccc2)c2ccc(C)cc2)cc1. The summed E-state index contributed by atoms with van der Waals surface area (Å²) in [4.78, 5) is 14.4. The van der Waals surface area contributed by atoms with Gasteiger partial charge in [-0.2, -0.15) is 0 Å². The van der Waals surface area contributed by atoms with Crippen LogP contribution < -0.4 is 4.31 Å². The highest BCUT2D eigenvalue weighted by Crippen LogP contribution is 2.26. The third-order valence-electron chi connectivity index (χ3n) is 5.23. The number of amides is 1. The Morgan fingerprint density at radius 2 is 1.39 bits per heavy atom. The predicted octanol–water partition coefficient (Wildman–Crippen LogP) is 4.87. The third kappa shape index (κ3) is 5.14. The van der Waals surface area contributed by atoms with Crippen LogP contribution in [0, 0.1) is 6.92 Å². The summed E-state index contributed by atoms with van der Waals surface area (Å²) in [6.45, 7) is 7.23. The molecule has 0 atom stereocenters. The summed E-state index contributed by atoms with van der Waals surface area (Å²) in [5, 5.41) is 0. The molecule has 6 heteroatoms. The van der Waals surface area contributed by atoms with Crippen LogP contribution in [0.3, 0.4) is 0 Å². The minimum absolute atomic E-state index is 0.103. The fourth-order valence-electron chi connectivity index (χ4n) is 3.37. The monoisotopic (exact) mass is 436 g/mol. The van der Waals surface area contributed by atoms with Crippen molar-refractivity contribution in [3.63, 3.8) is 0 Å². The van der Waals surface area contributed by atoms with Crippen LogP contribution in [0.4, 0.5) is 5.69 Å². The molecule has 0 bridgehead atoms. The van der Waals surface area contributed by atoms with Crippen molar-refractivity contribution in [3.8, 4) is 0 Å². The number of aryl methyl sites for hydroxylation is 1. The van der Waals surface area contributed by atoms with Gasteiger partial charge in [0.1, 0.15) is 0 Å². The smallest absolute Gasteiger partial charge is 0.264 e. The van der Waals surface area contributed by atoms with E-state index < -0.39 is 10.0 Å². The van der Waals surface area contributed by atoms with Gasteiger partial charge in [-0.25, -0.2) is 8.42 Å². The highest BCUT2D eigenvalue weighted by molar-refractivity contribution is 7.92. The third-order valence-corrected chi connectivity index (χ3v) is 7.02. The van der Waals surface area contributed by atoms with Crippen molar-refractivity contribution in [2.24, 2.45) is 0 Å². The van der Waals surface area contributed by atoms with Crippen LogP contribution >= 0.6 is 0 Å². The molecule has 0 saturated carbocycles. The highest BCUT2D eigenvalue weighted by Gasteiger charge is 2.26. The quantitative estimate of drug-likeness (QED) is 0.506. The van der Waals surface area contributed by atoms with Gasteiger partial charge in [0.2, 0.25) is 0 Å². The first-order valence-corrected chi connectivity index (χ1v) is 11.8. The van der Waals surface area contributed by atoms with E-state index in [4.69, 9.17) is 0 Å². The van der Waals surface area contributed by atoms with Crippen molar-refractivity contribution in [3.05, 3.63) is 95.6 Å². The fourth-order valence-corrected chi connectivity index (χ4v) is 4.82. The standard InChI is InChI=1S/C25H28N2O3S/c1-4-26(5-2)25(28)22-13-17-24(18-14-22)31(29,30)27(19-21-9-7-6-8-10-21)23-15-11-20(3)12-16-23/h6-18H,4-5,19H2,1-3H3. The molecule has 0 aliphatic heterocycles. The van der Waals surface area contributed by atoms with Crippen molar-refractivity contribution in [2.75, 3.05) is 17.4 Å². The van der Waals surface area contributed by atoms with E-state index in [1.165, 1.54) is 16.4 Å². The Morgan fingerprint density at radius 3 is 1.94 bits per heavy atom. The number of hydrogen-bond donors (Lipinski definition) is 0. The largest absolute Gasteiger partial charge is 0.339 e. The van der Waals surface area contributed by atoms with Gasteiger partial charge in [-0.05, 0) is 62.7 Å². The first-order valence-electron chi connectivity index (χ1n) is 10.4. The Labute approximate surface area is 185 Å². The van der Waals surface area contributed by atoms with E-state index in [2.05, 4.69) is 0 Å². The van der Waals surface area contributed by atoms with Gasteiger partial charge >= 0.3 is 0 Å². The molecule has 0 saturated heterocycles. The first kappa shape index (κ1) is 22.6. The molecular weight excluding hydrogens is 408 g/mol. The second kappa shape index (κ2) is 9.79. The molecule has 0 N–H and O–H groups in total. The number of rotatable bonds is 8. The summed E-state index contributed by atoms with van der Waals surface area (Å²) in [6, 6.07) is 23.1. The van der Waals surface area contributed by atoms with Crippen molar-refractivity contribution in [2.45, 2.75) is 32.2 Å². The number of sulfonamides is 1. The van der Waals surface area contributed by atoms with Crippen molar-refractivity contribution in [1.82, 2.24) is 4.90 Å². The van der Waals surface area contributed by atoms with E-state index in [0.717, 1.165) is 11.1 Å². The second-order valence-corrected chi connectivity index (χ2v) is 9.20. The molecule has 3 aromatic carbocycles. The fraction of sp³-hybridized carbons (Fsp3) is 0.240. The van der Waals surface area contributed by atoms with Crippen molar-refractivity contribution < 1.29 is 13.2 Å². The molecule has 0 heterocycles. The van der Waals surface area contributed by atoms with Gasteiger partial charge < -0.3 is 4.90 Å². The van der Waals surface area contributed by atoms with Gasteiger partial charge in [0.25, 0.3) is 15.9 Å². The van der Waals surface area contributed by atoms with E-state index in [1.807, 2.05) is 75.4 Å². The predicted molar refractivity (Wildman–Crippen MR) is 125 cm³/mol. The van der Waals surface area contributed by atoms with Gasteiger partial charge in [0.15, 0.2) is 0 Å². The Morgan fingerprint density at radius 1 is 0.806 bits per heavy atom.